The van der Waals surface area contributed by atoms with Crippen molar-refractivity contribution in [2.75, 3.05) is 7.11 Å². The summed E-state index contributed by atoms with van der Waals surface area (Å²) in [6, 6.07) is 11.3. The molecule has 0 saturated carbocycles. The molecule has 2 heterocycles. The number of fused-ring (bicyclic) bond motifs is 1. The fourth-order valence-corrected chi connectivity index (χ4v) is 2.17. The monoisotopic (exact) mass is 252 g/mol. The van der Waals surface area contributed by atoms with Crippen molar-refractivity contribution < 1.29 is 9.53 Å². The molecular weight excluding hydrogens is 240 g/mol. The molecule has 0 bridgehead atoms. The van der Waals surface area contributed by atoms with Crippen LogP contribution in [0.2, 0.25) is 0 Å². The summed E-state index contributed by atoms with van der Waals surface area (Å²) in [4.78, 5) is 15.4. The van der Waals surface area contributed by atoms with Crippen molar-refractivity contribution in [3.05, 3.63) is 54.4 Å². The summed E-state index contributed by atoms with van der Waals surface area (Å²) < 4.78 is 7.24. The minimum Gasteiger partial charge on any atom is -0.496 e. The zero-order chi connectivity index (χ0) is 13.2. The quantitative estimate of drug-likeness (QED) is 0.673. The summed E-state index contributed by atoms with van der Waals surface area (Å²) in [5, 5.41) is 0. The summed E-state index contributed by atoms with van der Waals surface area (Å²) in [6.45, 7) is 0. The number of hydrogen-bond donors (Lipinski definition) is 0. The van der Waals surface area contributed by atoms with Crippen LogP contribution in [0.1, 0.15) is 10.4 Å². The number of methoxy groups -OCH3 is 1. The molecule has 0 saturated heterocycles. The maximum Gasteiger partial charge on any atom is 0.152 e. The molecule has 0 atom stereocenters. The number of carbonyl (C=O) groups is 1. The van der Waals surface area contributed by atoms with Crippen molar-refractivity contribution in [2.45, 2.75) is 0 Å². The Morgan fingerprint density at radius 3 is 2.84 bits per heavy atom. The summed E-state index contributed by atoms with van der Waals surface area (Å²) in [5.74, 6) is 1.52. The zero-order valence-corrected chi connectivity index (χ0v) is 10.4. The Hall–Kier alpha value is -2.62. The Labute approximate surface area is 110 Å². The van der Waals surface area contributed by atoms with Gasteiger partial charge in [-0.25, -0.2) is 4.98 Å². The lowest BCUT2D eigenvalue weighted by atomic mass is 10.2. The number of rotatable bonds is 3. The minimum absolute atomic E-state index is 0.621. The molecule has 2 aromatic heterocycles. The highest BCUT2D eigenvalue weighted by Gasteiger charge is 2.12. The summed E-state index contributed by atoms with van der Waals surface area (Å²) >= 11 is 0. The van der Waals surface area contributed by atoms with Crippen LogP contribution >= 0.6 is 0 Å². The number of hydrogen-bond acceptors (Lipinski definition) is 3. The summed E-state index contributed by atoms with van der Waals surface area (Å²) in [5.41, 5.74) is 2.31. The third kappa shape index (κ3) is 1.78. The second-order valence-electron chi connectivity index (χ2n) is 4.12. The predicted molar refractivity (Wildman–Crippen MR) is 72.6 cm³/mol. The molecule has 94 valence electrons. The Bertz CT molecular complexity index is 747. The molecule has 0 spiro atoms. The van der Waals surface area contributed by atoms with Gasteiger partial charge in [-0.05, 0) is 24.3 Å². The van der Waals surface area contributed by atoms with E-state index in [0.29, 0.717) is 5.56 Å². The fourth-order valence-electron chi connectivity index (χ4n) is 2.17. The highest BCUT2D eigenvalue weighted by molar-refractivity contribution is 5.86. The van der Waals surface area contributed by atoms with Crippen LogP contribution in [0.5, 0.6) is 5.75 Å². The standard InChI is InChI=1S/C15H12N2O2/c1-19-14-7-3-2-6-12(14)15-16-9-13-11(10-18)5-4-8-17(13)15/h2-10H,1H3. The van der Waals surface area contributed by atoms with Crippen molar-refractivity contribution in [3.63, 3.8) is 0 Å². The number of para-hydroxylation sites is 1. The van der Waals surface area contributed by atoms with Crippen LogP contribution in [0.4, 0.5) is 0 Å². The van der Waals surface area contributed by atoms with E-state index in [2.05, 4.69) is 4.98 Å². The third-order valence-corrected chi connectivity index (χ3v) is 3.08. The first-order valence-corrected chi connectivity index (χ1v) is 5.90. The van der Waals surface area contributed by atoms with E-state index in [9.17, 15) is 4.79 Å². The number of carbonyl (C=O) groups excluding carboxylic acids is 1. The summed E-state index contributed by atoms with van der Waals surface area (Å²) in [6.07, 6.45) is 4.42. The van der Waals surface area contributed by atoms with Crippen LogP contribution in [0.15, 0.2) is 48.8 Å². The van der Waals surface area contributed by atoms with Crippen LogP contribution in [0.25, 0.3) is 16.9 Å². The topological polar surface area (TPSA) is 43.6 Å². The number of imidazole rings is 1. The average Bonchev–Trinajstić information content (AvgIpc) is 2.90. The van der Waals surface area contributed by atoms with Crippen molar-refractivity contribution in [1.82, 2.24) is 9.38 Å². The van der Waals surface area contributed by atoms with Crippen LogP contribution in [0.3, 0.4) is 0 Å². The van der Waals surface area contributed by atoms with E-state index in [4.69, 9.17) is 4.74 Å². The smallest absolute Gasteiger partial charge is 0.152 e. The van der Waals surface area contributed by atoms with E-state index < -0.39 is 0 Å². The molecular formula is C15H12N2O2. The minimum atomic E-state index is 0.621. The molecule has 0 aliphatic heterocycles. The van der Waals surface area contributed by atoms with Gasteiger partial charge in [0.15, 0.2) is 6.29 Å². The van der Waals surface area contributed by atoms with Crippen molar-refractivity contribution in [1.29, 1.82) is 0 Å². The Kier molecular flexibility index (Phi) is 2.76. The Morgan fingerprint density at radius 1 is 1.21 bits per heavy atom. The lowest BCUT2D eigenvalue weighted by Crippen LogP contribution is -1.94. The molecule has 0 aliphatic rings. The average molecular weight is 252 g/mol. The van der Waals surface area contributed by atoms with Gasteiger partial charge in [0.05, 0.1) is 24.4 Å². The first-order chi connectivity index (χ1) is 9.35. The maximum absolute atomic E-state index is 11.0. The fraction of sp³-hybridized carbons (Fsp3) is 0.0667. The highest BCUT2D eigenvalue weighted by Crippen LogP contribution is 2.29. The lowest BCUT2D eigenvalue weighted by molar-refractivity contribution is 0.112. The van der Waals surface area contributed by atoms with E-state index in [1.54, 1.807) is 19.4 Å². The molecule has 3 rings (SSSR count). The summed E-state index contributed by atoms with van der Waals surface area (Å²) in [7, 11) is 1.63. The third-order valence-electron chi connectivity index (χ3n) is 3.08. The largest absolute Gasteiger partial charge is 0.496 e. The Morgan fingerprint density at radius 2 is 2.05 bits per heavy atom. The first kappa shape index (κ1) is 11.5. The zero-order valence-electron chi connectivity index (χ0n) is 10.4. The van der Waals surface area contributed by atoms with E-state index in [0.717, 1.165) is 28.9 Å². The molecule has 4 heteroatoms. The normalized spacial score (nSPS) is 10.6. The maximum atomic E-state index is 11.0. The van der Waals surface area contributed by atoms with Gasteiger partial charge in [-0.3, -0.25) is 9.20 Å². The van der Waals surface area contributed by atoms with Crippen LogP contribution in [-0.4, -0.2) is 22.8 Å². The molecule has 0 radical (unpaired) electrons. The van der Waals surface area contributed by atoms with Gasteiger partial charge >= 0.3 is 0 Å². The molecule has 3 aromatic rings. The van der Waals surface area contributed by atoms with Gasteiger partial charge in [0, 0.05) is 11.8 Å². The number of pyridine rings is 1. The van der Waals surface area contributed by atoms with E-state index >= 15 is 0 Å². The van der Waals surface area contributed by atoms with Crippen molar-refractivity contribution in [3.8, 4) is 17.1 Å². The van der Waals surface area contributed by atoms with Gasteiger partial charge < -0.3 is 4.74 Å². The second kappa shape index (κ2) is 4.57. The predicted octanol–water partition coefficient (Wildman–Crippen LogP) is 2.82. The van der Waals surface area contributed by atoms with Gasteiger partial charge in [0.1, 0.15) is 11.6 Å². The van der Waals surface area contributed by atoms with Gasteiger partial charge in [0.2, 0.25) is 0 Å². The first-order valence-electron chi connectivity index (χ1n) is 5.90. The van der Waals surface area contributed by atoms with E-state index in [-0.39, 0.29) is 0 Å². The van der Waals surface area contributed by atoms with Gasteiger partial charge in [-0.1, -0.05) is 12.1 Å². The van der Waals surface area contributed by atoms with Gasteiger partial charge in [-0.15, -0.1) is 0 Å². The SMILES string of the molecule is COc1ccccc1-c1ncc2c(C=O)cccn12. The molecule has 0 fully saturated rings. The molecule has 0 unspecified atom stereocenters. The molecule has 19 heavy (non-hydrogen) atoms. The van der Waals surface area contributed by atoms with E-state index in [1.807, 2.05) is 40.9 Å². The molecule has 4 nitrogen and oxygen atoms in total. The number of ether oxygens (including phenoxy) is 1. The van der Waals surface area contributed by atoms with Crippen LogP contribution < -0.4 is 4.74 Å². The van der Waals surface area contributed by atoms with E-state index in [1.165, 1.54) is 0 Å². The van der Waals surface area contributed by atoms with Crippen LogP contribution in [0, 0.1) is 0 Å². The molecule has 0 amide bonds. The Balaban J connectivity index is 2.29. The highest BCUT2D eigenvalue weighted by atomic mass is 16.5. The van der Waals surface area contributed by atoms with Gasteiger partial charge in [-0.2, -0.15) is 0 Å². The van der Waals surface area contributed by atoms with Crippen molar-refractivity contribution >= 4 is 11.8 Å². The van der Waals surface area contributed by atoms with Crippen LogP contribution in [-0.2, 0) is 0 Å². The molecule has 0 N–H and O–H groups in total. The van der Waals surface area contributed by atoms with Crippen molar-refractivity contribution in [2.24, 2.45) is 0 Å². The van der Waals surface area contributed by atoms with Gasteiger partial charge in [0.25, 0.3) is 0 Å². The number of benzene rings is 1. The number of nitrogens with zero attached hydrogens (tertiary/aromatic N) is 2. The number of aldehydes is 1. The lowest BCUT2D eigenvalue weighted by Gasteiger charge is -2.07. The number of aromatic nitrogens is 2. The molecule has 0 aliphatic carbocycles. The molecule has 1 aromatic carbocycles. The second-order valence-corrected chi connectivity index (χ2v) is 4.12.